The summed E-state index contributed by atoms with van der Waals surface area (Å²) in [6.07, 6.45) is 9.74. The van der Waals surface area contributed by atoms with Gasteiger partial charge < -0.3 is 14.5 Å². The molecule has 0 saturated heterocycles. The first-order valence-corrected chi connectivity index (χ1v) is 14.2. The van der Waals surface area contributed by atoms with Crippen molar-refractivity contribution in [2.75, 3.05) is 27.7 Å². The van der Waals surface area contributed by atoms with Crippen LogP contribution in [-0.2, 0) is 16.0 Å². The minimum absolute atomic E-state index is 0.00743. The molecule has 4 rings (SSSR count). The predicted molar refractivity (Wildman–Crippen MR) is 152 cm³/mol. The van der Waals surface area contributed by atoms with Crippen molar-refractivity contribution in [1.29, 1.82) is 0 Å². The number of benzene rings is 2. The van der Waals surface area contributed by atoms with Gasteiger partial charge in [0.25, 0.3) is 0 Å². The van der Waals surface area contributed by atoms with Gasteiger partial charge in [-0.15, -0.1) is 0 Å². The van der Waals surface area contributed by atoms with Gasteiger partial charge >= 0.3 is 5.97 Å². The zero-order valence-corrected chi connectivity index (χ0v) is 23.5. The third-order valence-electron chi connectivity index (χ3n) is 8.70. The summed E-state index contributed by atoms with van der Waals surface area (Å²) < 4.78 is 19.4. The van der Waals surface area contributed by atoms with Crippen LogP contribution in [-0.4, -0.2) is 61.4 Å². The van der Waals surface area contributed by atoms with E-state index < -0.39 is 5.54 Å². The molecule has 2 aromatic rings. The zero-order chi connectivity index (χ0) is 27.1. The summed E-state index contributed by atoms with van der Waals surface area (Å²) in [5.41, 5.74) is 1.52. The Balaban J connectivity index is 1.47. The van der Waals surface area contributed by atoms with Crippen LogP contribution in [0.1, 0.15) is 69.0 Å². The number of rotatable bonds is 11. The second kappa shape index (κ2) is 12.9. The number of nitrogens with zero attached hydrogens (tertiary/aromatic N) is 3. The second-order valence-electron chi connectivity index (χ2n) is 11.4. The van der Waals surface area contributed by atoms with Gasteiger partial charge in [0.1, 0.15) is 5.82 Å². The summed E-state index contributed by atoms with van der Waals surface area (Å²) in [5.74, 6) is 0.622. The normalized spacial score (nSPS) is 26.1. The van der Waals surface area contributed by atoms with Gasteiger partial charge in [-0.05, 0) is 81.3 Å². The summed E-state index contributed by atoms with van der Waals surface area (Å²) in [6, 6.07) is 17.8. The Bertz CT molecular complexity index is 1070. The summed E-state index contributed by atoms with van der Waals surface area (Å²) in [7, 11) is 5.67. The first-order chi connectivity index (χ1) is 18.4. The van der Waals surface area contributed by atoms with Crippen molar-refractivity contribution in [3.8, 4) is 0 Å². The number of halogens is 1. The lowest BCUT2D eigenvalue weighted by molar-refractivity contribution is -0.149. The fourth-order valence-corrected chi connectivity index (χ4v) is 6.88. The number of ether oxygens (including phenoxy) is 1. The van der Waals surface area contributed by atoms with Gasteiger partial charge in [0, 0.05) is 12.6 Å². The maximum absolute atomic E-state index is 14.0. The standard InChI is InChI=1S/C32H44FN3O2/c1-5-19-32(31(37)38-4)29(36(23-34-32)20-18-24-10-7-6-8-11-24)21-25-14-16-26(17-15-25)30(35(2)3)27-12-9-13-28(33)22-27/h6-13,22-23,25-26,29-30H,5,14-21H2,1-4H3. The molecule has 1 saturated carbocycles. The number of hydrogen-bond donors (Lipinski definition) is 0. The van der Waals surface area contributed by atoms with Crippen LogP contribution in [0.3, 0.4) is 0 Å². The van der Waals surface area contributed by atoms with Crippen molar-refractivity contribution < 1.29 is 13.9 Å². The molecule has 1 heterocycles. The van der Waals surface area contributed by atoms with Crippen LogP contribution >= 0.6 is 0 Å². The molecule has 0 amide bonds. The molecule has 5 nitrogen and oxygen atoms in total. The molecule has 3 unspecified atom stereocenters. The highest BCUT2D eigenvalue weighted by atomic mass is 19.1. The lowest BCUT2D eigenvalue weighted by Crippen LogP contribution is -2.53. The van der Waals surface area contributed by atoms with Gasteiger partial charge in [-0.1, -0.05) is 68.7 Å². The van der Waals surface area contributed by atoms with Crippen LogP contribution in [0, 0.1) is 17.7 Å². The van der Waals surface area contributed by atoms with E-state index in [2.05, 4.69) is 61.2 Å². The molecule has 0 N–H and O–H groups in total. The topological polar surface area (TPSA) is 45.1 Å². The molecule has 0 radical (unpaired) electrons. The van der Waals surface area contributed by atoms with E-state index in [0.717, 1.165) is 57.1 Å². The summed E-state index contributed by atoms with van der Waals surface area (Å²) in [5, 5.41) is 0. The van der Waals surface area contributed by atoms with E-state index in [1.807, 2.05) is 18.5 Å². The minimum atomic E-state index is -0.829. The Hall–Kier alpha value is -2.73. The van der Waals surface area contributed by atoms with Gasteiger partial charge in [-0.2, -0.15) is 0 Å². The number of aliphatic imine (C=N–C) groups is 1. The van der Waals surface area contributed by atoms with Gasteiger partial charge in [-0.25, -0.2) is 9.18 Å². The molecular formula is C32H44FN3O2. The molecule has 3 atom stereocenters. The van der Waals surface area contributed by atoms with E-state index in [4.69, 9.17) is 9.73 Å². The number of hydrogen-bond acceptors (Lipinski definition) is 5. The van der Waals surface area contributed by atoms with E-state index in [1.54, 1.807) is 6.07 Å². The van der Waals surface area contributed by atoms with Crippen molar-refractivity contribution in [2.45, 2.75) is 75.9 Å². The highest BCUT2D eigenvalue weighted by Gasteiger charge is 2.52. The maximum atomic E-state index is 14.0. The first-order valence-electron chi connectivity index (χ1n) is 14.2. The smallest absolute Gasteiger partial charge is 0.335 e. The van der Waals surface area contributed by atoms with Crippen molar-refractivity contribution in [3.05, 3.63) is 71.5 Å². The van der Waals surface area contributed by atoms with Crippen LogP contribution in [0.2, 0.25) is 0 Å². The van der Waals surface area contributed by atoms with E-state index >= 15 is 0 Å². The highest BCUT2D eigenvalue weighted by molar-refractivity contribution is 5.86. The lowest BCUT2D eigenvalue weighted by atomic mass is 9.72. The number of esters is 1. The number of carbonyl (C=O) groups is 1. The first kappa shape index (κ1) is 28.3. The Labute approximate surface area is 228 Å². The van der Waals surface area contributed by atoms with Gasteiger partial charge in [0.05, 0.1) is 19.5 Å². The maximum Gasteiger partial charge on any atom is 0.335 e. The molecule has 0 spiro atoms. The summed E-state index contributed by atoms with van der Waals surface area (Å²) in [6.45, 7) is 2.95. The van der Waals surface area contributed by atoms with Crippen molar-refractivity contribution in [2.24, 2.45) is 16.8 Å². The van der Waals surface area contributed by atoms with E-state index in [-0.39, 0.29) is 23.9 Å². The number of methoxy groups -OCH3 is 1. The molecule has 0 aromatic heterocycles. The SMILES string of the molecule is CCCC1(C(=O)OC)N=CN(CCc2ccccc2)C1CC1CCC(C(c2cccc(F)c2)N(C)C)CC1. The Kier molecular flexibility index (Phi) is 9.59. The van der Waals surface area contributed by atoms with E-state index in [9.17, 15) is 9.18 Å². The Morgan fingerprint density at radius 1 is 1.13 bits per heavy atom. The minimum Gasteiger partial charge on any atom is -0.467 e. The van der Waals surface area contributed by atoms with Crippen LogP contribution in [0.4, 0.5) is 4.39 Å². The monoisotopic (exact) mass is 521 g/mol. The Morgan fingerprint density at radius 2 is 1.87 bits per heavy atom. The molecule has 1 aliphatic carbocycles. The molecule has 2 aromatic carbocycles. The highest BCUT2D eigenvalue weighted by Crippen LogP contribution is 2.43. The fraction of sp³-hybridized carbons (Fsp3) is 0.562. The molecule has 1 fully saturated rings. The van der Waals surface area contributed by atoms with Crippen LogP contribution in [0.15, 0.2) is 59.6 Å². The average molecular weight is 522 g/mol. The summed E-state index contributed by atoms with van der Waals surface area (Å²) >= 11 is 0. The zero-order valence-electron chi connectivity index (χ0n) is 23.5. The third-order valence-corrected chi connectivity index (χ3v) is 8.70. The fourth-order valence-electron chi connectivity index (χ4n) is 6.88. The van der Waals surface area contributed by atoms with Crippen LogP contribution in [0.25, 0.3) is 0 Å². The molecule has 38 heavy (non-hydrogen) atoms. The lowest BCUT2D eigenvalue weighted by Gasteiger charge is -2.41. The number of carbonyl (C=O) groups excluding carboxylic acids is 1. The molecule has 2 aliphatic rings. The van der Waals surface area contributed by atoms with E-state index in [1.165, 1.54) is 18.7 Å². The molecular weight excluding hydrogens is 477 g/mol. The molecule has 6 heteroatoms. The van der Waals surface area contributed by atoms with Gasteiger partial charge in [0.2, 0.25) is 0 Å². The second-order valence-corrected chi connectivity index (χ2v) is 11.4. The predicted octanol–water partition coefficient (Wildman–Crippen LogP) is 6.29. The van der Waals surface area contributed by atoms with Crippen molar-refractivity contribution in [3.63, 3.8) is 0 Å². The van der Waals surface area contributed by atoms with Crippen LogP contribution in [0.5, 0.6) is 0 Å². The Morgan fingerprint density at radius 3 is 2.50 bits per heavy atom. The molecule has 1 aliphatic heterocycles. The van der Waals surface area contributed by atoms with Gasteiger partial charge in [-0.3, -0.25) is 4.99 Å². The van der Waals surface area contributed by atoms with Crippen LogP contribution < -0.4 is 0 Å². The van der Waals surface area contributed by atoms with Crippen molar-refractivity contribution >= 4 is 12.3 Å². The molecule has 206 valence electrons. The summed E-state index contributed by atoms with van der Waals surface area (Å²) in [4.78, 5) is 22.6. The van der Waals surface area contributed by atoms with Crippen molar-refractivity contribution in [1.82, 2.24) is 9.80 Å². The quantitative estimate of drug-likeness (QED) is 0.326. The van der Waals surface area contributed by atoms with Gasteiger partial charge in [0.15, 0.2) is 5.54 Å². The third kappa shape index (κ3) is 6.28. The average Bonchev–Trinajstić information content (AvgIpc) is 3.26. The largest absolute Gasteiger partial charge is 0.467 e. The van der Waals surface area contributed by atoms with E-state index in [0.29, 0.717) is 18.3 Å². The molecule has 0 bridgehead atoms.